The van der Waals surface area contributed by atoms with Crippen molar-refractivity contribution in [3.63, 3.8) is 0 Å². The molecule has 1 aliphatic rings. The van der Waals surface area contributed by atoms with Crippen LogP contribution in [0.25, 0.3) is 0 Å². The highest BCUT2D eigenvalue weighted by Crippen LogP contribution is 2.46. The number of carbonyl (C=O) groups is 3. The summed E-state index contributed by atoms with van der Waals surface area (Å²) in [5, 5.41) is 0. The summed E-state index contributed by atoms with van der Waals surface area (Å²) in [5.74, 6) is -0.604. The molecular weight excluding hydrogens is 372 g/mol. The lowest BCUT2D eigenvalue weighted by Gasteiger charge is -2.24. The van der Waals surface area contributed by atoms with Gasteiger partial charge < -0.3 is 14.2 Å². The average molecular weight is 409 g/mol. The van der Waals surface area contributed by atoms with E-state index in [1.807, 2.05) is 26.0 Å². The van der Waals surface area contributed by atoms with Crippen molar-refractivity contribution in [1.82, 2.24) is 0 Å². The maximum atomic E-state index is 12.3. The average Bonchev–Trinajstić information content (AvgIpc) is 3.02. The van der Waals surface area contributed by atoms with Gasteiger partial charge in [-0.25, -0.2) is 0 Å². The van der Waals surface area contributed by atoms with Crippen molar-refractivity contribution in [2.75, 3.05) is 13.7 Å². The lowest BCUT2D eigenvalue weighted by molar-refractivity contribution is -0.149. The lowest BCUT2D eigenvalue weighted by Crippen LogP contribution is -2.29. The largest absolute Gasteiger partial charge is 0.468 e. The van der Waals surface area contributed by atoms with Gasteiger partial charge in [0.15, 0.2) is 0 Å². The summed E-state index contributed by atoms with van der Waals surface area (Å²) < 4.78 is 15.7. The molecule has 0 saturated carbocycles. The second-order valence-electron chi connectivity index (χ2n) is 7.55. The third-order valence-corrected chi connectivity index (χ3v) is 5.24. The van der Waals surface area contributed by atoms with Gasteiger partial charge in [0.2, 0.25) is 0 Å². The minimum absolute atomic E-state index is 0.0109. The van der Waals surface area contributed by atoms with Gasteiger partial charge in [-0.2, -0.15) is 0 Å². The molecule has 1 unspecified atom stereocenters. The molecule has 0 spiro atoms. The summed E-state index contributed by atoms with van der Waals surface area (Å²) in [5.41, 5.74) is 0.111. The molecule has 0 radical (unpaired) electrons. The number of hydrogen-bond acceptors (Lipinski definition) is 6. The van der Waals surface area contributed by atoms with Gasteiger partial charge in [-0.05, 0) is 44.6 Å². The van der Waals surface area contributed by atoms with Crippen LogP contribution in [0, 0.1) is 5.41 Å². The van der Waals surface area contributed by atoms with Crippen molar-refractivity contribution in [1.29, 1.82) is 0 Å². The number of carbonyl (C=O) groups excluding carboxylic acids is 3. The van der Waals surface area contributed by atoms with Crippen LogP contribution in [0.15, 0.2) is 23.5 Å². The molecule has 0 aromatic carbocycles. The molecule has 0 amide bonds. The Bertz CT molecular complexity index is 619. The van der Waals surface area contributed by atoms with Crippen molar-refractivity contribution >= 4 is 17.9 Å². The summed E-state index contributed by atoms with van der Waals surface area (Å²) >= 11 is 0. The standard InChI is InChI=1S/C23H36O6/c1-5-7-9-11-17-28-20(24)13-14-21(25)29-19-15-16-23(3,22(26)27-4)18(19)12-10-8-6-2/h7,9H,5-6,8,10-17H2,1-4H3. The second-order valence-corrected chi connectivity index (χ2v) is 7.55. The summed E-state index contributed by atoms with van der Waals surface area (Å²) in [6.45, 7) is 6.32. The van der Waals surface area contributed by atoms with Gasteiger partial charge in [0.1, 0.15) is 5.76 Å². The fraction of sp³-hybridized carbons (Fsp3) is 0.696. The highest BCUT2D eigenvalue weighted by molar-refractivity contribution is 5.82. The van der Waals surface area contributed by atoms with Gasteiger partial charge in [-0.1, -0.05) is 38.8 Å². The van der Waals surface area contributed by atoms with Crippen LogP contribution >= 0.6 is 0 Å². The minimum Gasteiger partial charge on any atom is -0.468 e. The molecule has 29 heavy (non-hydrogen) atoms. The number of esters is 3. The molecule has 0 bridgehead atoms. The molecule has 1 atom stereocenters. The van der Waals surface area contributed by atoms with E-state index in [0.29, 0.717) is 38.0 Å². The fourth-order valence-electron chi connectivity index (χ4n) is 3.49. The summed E-state index contributed by atoms with van der Waals surface area (Å²) in [6.07, 6.45) is 10.4. The first kappa shape index (κ1) is 24.9. The SMILES string of the molecule is CCC=CCCOC(=O)CCC(=O)OC1=C(CCCCC)C(C)(C(=O)OC)CC1. The third kappa shape index (κ3) is 8.03. The Labute approximate surface area is 174 Å². The summed E-state index contributed by atoms with van der Waals surface area (Å²) in [4.78, 5) is 36.3. The molecule has 0 aromatic heterocycles. The van der Waals surface area contributed by atoms with Crippen LogP contribution in [0.2, 0.25) is 0 Å². The summed E-state index contributed by atoms with van der Waals surface area (Å²) in [7, 11) is 1.38. The van der Waals surface area contributed by atoms with Crippen LogP contribution < -0.4 is 0 Å². The topological polar surface area (TPSA) is 78.9 Å². The Morgan fingerprint density at radius 1 is 1.07 bits per heavy atom. The molecule has 1 aliphatic carbocycles. The van der Waals surface area contributed by atoms with Gasteiger partial charge in [0.25, 0.3) is 0 Å². The monoisotopic (exact) mass is 408 g/mol. The zero-order chi connectivity index (χ0) is 21.7. The molecule has 0 aliphatic heterocycles. The lowest BCUT2D eigenvalue weighted by atomic mass is 9.81. The van der Waals surface area contributed by atoms with E-state index in [1.165, 1.54) is 7.11 Å². The van der Waals surface area contributed by atoms with Crippen LogP contribution in [0.3, 0.4) is 0 Å². The molecule has 0 N–H and O–H groups in total. The first-order valence-corrected chi connectivity index (χ1v) is 10.7. The smallest absolute Gasteiger partial charge is 0.315 e. The number of rotatable bonds is 13. The Hall–Kier alpha value is -2.11. The number of ether oxygens (including phenoxy) is 3. The van der Waals surface area contributed by atoms with Gasteiger partial charge in [0, 0.05) is 6.42 Å². The second kappa shape index (κ2) is 13.2. The van der Waals surface area contributed by atoms with Crippen molar-refractivity contribution in [3.8, 4) is 0 Å². The maximum absolute atomic E-state index is 12.3. The third-order valence-electron chi connectivity index (χ3n) is 5.24. The van der Waals surface area contributed by atoms with E-state index in [9.17, 15) is 14.4 Å². The molecule has 0 heterocycles. The van der Waals surface area contributed by atoms with Crippen molar-refractivity contribution in [2.24, 2.45) is 5.41 Å². The minimum atomic E-state index is -0.747. The molecule has 0 aromatic rings. The van der Waals surface area contributed by atoms with Crippen LogP contribution in [0.5, 0.6) is 0 Å². The zero-order valence-electron chi connectivity index (χ0n) is 18.4. The van der Waals surface area contributed by atoms with Gasteiger partial charge in [-0.3, -0.25) is 14.4 Å². The molecule has 0 fully saturated rings. The predicted octanol–water partition coefficient (Wildman–Crippen LogP) is 5.02. The van der Waals surface area contributed by atoms with Crippen molar-refractivity contribution < 1.29 is 28.6 Å². The fourth-order valence-corrected chi connectivity index (χ4v) is 3.49. The molecule has 164 valence electrons. The van der Waals surface area contributed by atoms with E-state index in [-0.39, 0.29) is 18.8 Å². The highest BCUT2D eigenvalue weighted by atomic mass is 16.5. The maximum Gasteiger partial charge on any atom is 0.315 e. The van der Waals surface area contributed by atoms with Crippen molar-refractivity contribution in [3.05, 3.63) is 23.5 Å². The first-order valence-electron chi connectivity index (χ1n) is 10.7. The number of methoxy groups -OCH3 is 1. The molecule has 6 nitrogen and oxygen atoms in total. The Balaban J connectivity index is 2.62. The number of allylic oxidation sites excluding steroid dienone is 2. The van der Waals surface area contributed by atoms with Crippen molar-refractivity contribution in [2.45, 2.75) is 85.0 Å². The molecule has 0 saturated heterocycles. The van der Waals surface area contributed by atoms with E-state index in [0.717, 1.165) is 31.3 Å². The van der Waals surface area contributed by atoms with Crippen LogP contribution in [-0.2, 0) is 28.6 Å². The Kier molecular flexibility index (Phi) is 11.3. The molecular formula is C23H36O6. The quantitative estimate of drug-likeness (QED) is 0.184. The van der Waals surface area contributed by atoms with E-state index < -0.39 is 17.4 Å². The van der Waals surface area contributed by atoms with Gasteiger partial charge in [-0.15, -0.1) is 0 Å². The number of hydrogen-bond donors (Lipinski definition) is 0. The van der Waals surface area contributed by atoms with Crippen LogP contribution in [0.4, 0.5) is 0 Å². The van der Waals surface area contributed by atoms with Gasteiger partial charge >= 0.3 is 17.9 Å². The Morgan fingerprint density at radius 2 is 1.79 bits per heavy atom. The highest BCUT2D eigenvalue weighted by Gasteiger charge is 2.44. The van der Waals surface area contributed by atoms with Gasteiger partial charge in [0.05, 0.1) is 32.0 Å². The first-order chi connectivity index (χ1) is 13.9. The van der Waals surface area contributed by atoms with E-state index in [1.54, 1.807) is 0 Å². The normalized spacial score (nSPS) is 18.9. The van der Waals surface area contributed by atoms with E-state index >= 15 is 0 Å². The predicted molar refractivity (Wildman–Crippen MR) is 111 cm³/mol. The van der Waals surface area contributed by atoms with E-state index in [4.69, 9.17) is 14.2 Å². The Morgan fingerprint density at radius 3 is 2.45 bits per heavy atom. The molecule has 1 rings (SSSR count). The zero-order valence-corrected chi connectivity index (χ0v) is 18.4. The van der Waals surface area contributed by atoms with E-state index in [2.05, 4.69) is 6.92 Å². The summed E-state index contributed by atoms with van der Waals surface area (Å²) in [6, 6.07) is 0. The molecule has 6 heteroatoms. The number of unbranched alkanes of at least 4 members (excludes halogenated alkanes) is 2. The van der Waals surface area contributed by atoms with Crippen LogP contribution in [-0.4, -0.2) is 31.6 Å². The van der Waals surface area contributed by atoms with Crippen LogP contribution in [0.1, 0.15) is 85.0 Å².